The molecule has 0 spiro atoms. The maximum atomic E-state index is 13.3. The number of rotatable bonds is 4. The maximum absolute atomic E-state index is 13.3. The Kier molecular flexibility index (Phi) is 4.11. The van der Waals surface area contributed by atoms with Gasteiger partial charge in [-0.25, -0.2) is 4.39 Å². The zero-order chi connectivity index (χ0) is 13.8. The minimum atomic E-state index is -0.480. The van der Waals surface area contributed by atoms with E-state index in [0.29, 0.717) is 10.0 Å². The highest BCUT2D eigenvalue weighted by molar-refractivity contribution is 9.10. The molecule has 0 aliphatic heterocycles. The Bertz CT molecular complexity index is 619. The molecule has 98 valence electrons. The van der Waals surface area contributed by atoms with E-state index in [1.807, 2.05) is 0 Å². The van der Waals surface area contributed by atoms with Crippen molar-refractivity contribution in [2.75, 3.05) is 0 Å². The molecule has 0 atom stereocenters. The number of nitro benzene ring substituents is 1. The Balaban J connectivity index is 2.12. The monoisotopic (exact) mass is 325 g/mol. The van der Waals surface area contributed by atoms with Crippen LogP contribution < -0.4 is 4.74 Å². The van der Waals surface area contributed by atoms with Crippen LogP contribution in [0.25, 0.3) is 0 Å². The van der Waals surface area contributed by atoms with Crippen molar-refractivity contribution in [1.29, 1.82) is 0 Å². The van der Waals surface area contributed by atoms with E-state index in [1.165, 1.54) is 24.3 Å². The molecule has 19 heavy (non-hydrogen) atoms. The first-order chi connectivity index (χ1) is 9.08. The fourth-order valence-corrected chi connectivity index (χ4v) is 1.97. The topological polar surface area (TPSA) is 52.4 Å². The third-order valence-corrected chi connectivity index (χ3v) is 3.21. The molecule has 0 N–H and O–H groups in total. The molecule has 6 heteroatoms. The first-order valence-corrected chi connectivity index (χ1v) is 6.17. The molecule has 0 aliphatic carbocycles. The number of nitro groups is 1. The van der Waals surface area contributed by atoms with Crippen molar-refractivity contribution in [3.05, 3.63) is 68.4 Å². The van der Waals surface area contributed by atoms with Crippen LogP contribution in [0.2, 0.25) is 0 Å². The second-order valence-corrected chi connectivity index (χ2v) is 4.61. The largest absolute Gasteiger partial charge is 0.486 e. The van der Waals surface area contributed by atoms with Gasteiger partial charge in [0.2, 0.25) is 0 Å². The molecule has 0 amide bonds. The first-order valence-electron chi connectivity index (χ1n) is 5.38. The number of nitrogens with zero attached hydrogens (tertiary/aromatic N) is 1. The highest BCUT2D eigenvalue weighted by atomic mass is 79.9. The Morgan fingerprint density at radius 2 is 2.00 bits per heavy atom. The van der Waals surface area contributed by atoms with Gasteiger partial charge in [0.1, 0.15) is 6.61 Å². The van der Waals surface area contributed by atoms with E-state index in [-0.39, 0.29) is 18.0 Å². The van der Waals surface area contributed by atoms with Crippen molar-refractivity contribution in [3.8, 4) is 5.75 Å². The van der Waals surface area contributed by atoms with Crippen LogP contribution in [-0.4, -0.2) is 4.92 Å². The van der Waals surface area contributed by atoms with Crippen LogP contribution in [0, 0.1) is 15.9 Å². The van der Waals surface area contributed by atoms with Crippen LogP contribution in [0.15, 0.2) is 46.9 Å². The van der Waals surface area contributed by atoms with Gasteiger partial charge in [-0.05, 0) is 18.2 Å². The second-order valence-electron chi connectivity index (χ2n) is 3.75. The van der Waals surface area contributed by atoms with Gasteiger partial charge in [-0.1, -0.05) is 28.1 Å². The molecule has 0 saturated heterocycles. The number of benzene rings is 2. The zero-order valence-corrected chi connectivity index (χ0v) is 11.3. The molecule has 2 rings (SSSR count). The van der Waals surface area contributed by atoms with Crippen molar-refractivity contribution in [3.63, 3.8) is 0 Å². The van der Waals surface area contributed by atoms with Gasteiger partial charge in [-0.3, -0.25) is 10.1 Å². The molecule has 2 aromatic rings. The third-order valence-electron chi connectivity index (χ3n) is 2.47. The predicted octanol–water partition coefficient (Wildman–Crippen LogP) is 4.08. The summed E-state index contributed by atoms with van der Waals surface area (Å²) in [5.41, 5.74) is 0.690. The van der Waals surface area contributed by atoms with Crippen LogP contribution in [0.4, 0.5) is 10.1 Å². The summed E-state index contributed by atoms with van der Waals surface area (Å²) in [5, 5.41) is 10.6. The Morgan fingerprint density at radius 3 is 2.63 bits per heavy atom. The number of halogens is 2. The van der Waals surface area contributed by atoms with Gasteiger partial charge in [-0.15, -0.1) is 0 Å². The molecule has 0 heterocycles. The Hall–Kier alpha value is -1.95. The van der Waals surface area contributed by atoms with Crippen LogP contribution in [-0.2, 0) is 6.61 Å². The summed E-state index contributed by atoms with van der Waals surface area (Å²) in [4.78, 5) is 10.1. The number of hydrogen-bond acceptors (Lipinski definition) is 3. The van der Waals surface area contributed by atoms with Crippen LogP contribution >= 0.6 is 15.9 Å². The normalized spacial score (nSPS) is 10.2. The molecule has 0 unspecified atom stereocenters. The van der Waals surface area contributed by atoms with E-state index < -0.39 is 10.7 Å². The van der Waals surface area contributed by atoms with E-state index in [4.69, 9.17) is 4.74 Å². The van der Waals surface area contributed by atoms with Crippen molar-refractivity contribution in [1.82, 2.24) is 0 Å². The molecule has 0 bridgehead atoms. The molecule has 0 aromatic heterocycles. The zero-order valence-electron chi connectivity index (χ0n) is 9.68. The fraction of sp³-hybridized carbons (Fsp3) is 0.0769. The van der Waals surface area contributed by atoms with E-state index in [1.54, 1.807) is 18.2 Å². The lowest BCUT2D eigenvalue weighted by Gasteiger charge is -2.08. The summed E-state index contributed by atoms with van der Waals surface area (Å²) in [7, 11) is 0. The van der Waals surface area contributed by atoms with E-state index in [0.717, 1.165) is 0 Å². The standard InChI is InChI=1S/C13H9BrFNO3/c14-11-7-10(16(17)18)6-5-9(11)8-19-13-4-2-1-3-12(13)15/h1-7H,8H2. The maximum Gasteiger partial charge on any atom is 0.270 e. The average molecular weight is 326 g/mol. The van der Waals surface area contributed by atoms with Crippen molar-refractivity contribution in [2.45, 2.75) is 6.61 Å². The van der Waals surface area contributed by atoms with E-state index in [9.17, 15) is 14.5 Å². The van der Waals surface area contributed by atoms with Gasteiger partial charge in [0.25, 0.3) is 5.69 Å². The van der Waals surface area contributed by atoms with Gasteiger partial charge < -0.3 is 4.74 Å². The Morgan fingerprint density at radius 1 is 1.26 bits per heavy atom. The highest BCUT2D eigenvalue weighted by Gasteiger charge is 2.10. The minimum Gasteiger partial charge on any atom is -0.486 e. The quantitative estimate of drug-likeness (QED) is 0.628. The molecule has 0 fully saturated rings. The molecular weight excluding hydrogens is 317 g/mol. The molecule has 2 aromatic carbocycles. The SMILES string of the molecule is O=[N+]([O-])c1ccc(COc2ccccc2F)c(Br)c1. The summed E-state index contributed by atoms with van der Waals surface area (Å²) in [6.07, 6.45) is 0. The van der Waals surface area contributed by atoms with E-state index >= 15 is 0 Å². The Labute approximate surface area is 117 Å². The van der Waals surface area contributed by atoms with Crippen LogP contribution in [0.5, 0.6) is 5.75 Å². The molecule has 0 saturated carbocycles. The van der Waals surface area contributed by atoms with Crippen molar-refractivity contribution >= 4 is 21.6 Å². The van der Waals surface area contributed by atoms with Crippen molar-refractivity contribution < 1.29 is 14.1 Å². The van der Waals surface area contributed by atoms with Gasteiger partial charge >= 0.3 is 0 Å². The number of hydrogen-bond donors (Lipinski definition) is 0. The predicted molar refractivity (Wildman–Crippen MR) is 71.5 cm³/mol. The number of non-ortho nitro benzene ring substituents is 1. The highest BCUT2D eigenvalue weighted by Crippen LogP contribution is 2.25. The second kappa shape index (κ2) is 5.79. The van der Waals surface area contributed by atoms with Gasteiger partial charge in [0.05, 0.1) is 4.92 Å². The lowest BCUT2D eigenvalue weighted by molar-refractivity contribution is -0.384. The third kappa shape index (κ3) is 3.29. The van der Waals surface area contributed by atoms with Gasteiger partial charge in [-0.2, -0.15) is 0 Å². The first kappa shape index (κ1) is 13.5. The van der Waals surface area contributed by atoms with Gasteiger partial charge in [0, 0.05) is 22.2 Å². The lowest BCUT2D eigenvalue weighted by atomic mass is 10.2. The van der Waals surface area contributed by atoms with E-state index in [2.05, 4.69) is 15.9 Å². The number of ether oxygens (including phenoxy) is 1. The summed E-state index contributed by atoms with van der Waals surface area (Å²) >= 11 is 3.23. The van der Waals surface area contributed by atoms with Crippen LogP contribution in [0.3, 0.4) is 0 Å². The summed E-state index contributed by atoms with van der Waals surface area (Å²) < 4.78 is 19.2. The molecule has 0 aliphatic rings. The molecule has 4 nitrogen and oxygen atoms in total. The molecular formula is C13H9BrFNO3. The fourth-order valence-electron chi connectivity index (χ4n) is 1.48. The van der Waals surface area contributed by atoms with Crippen LogP contribution in [0.1, 0.15) is 5.56 Å². The molecule has 0 radical (unpaired) electrons. The minimum absolute atomic E-state index is 0.0125. The van der Waals surface area contributed by atoms with Gasteiger partial charge in [0.15, 0.2) is 11.6 Å². The summed E-state index contributed by atoms with van der Waals surface area (Å²) in [6, 6.07) is 10.4. The lowest BCUT2D eigenvalue weighted by Crippen LogP contribution is -1.99. The summed E-state index contributed by atoms with van der Waals surface area (Å²) in [6.45, 7) is 0.125. The average Bonchev–Trinajstić information content (AvgIpc) is 2.39. The smallest absolute Gasteiger partial charge is 0.270 e. The number of para-hydroxylation sites is 1. The summed E-state index contributed by atoms with van der Waals surface area (Å²) in [5.74, 6) is -0.298. The van der Waals surface area contributed by atoms with Crippen molar-refractivity contribution in [2.24, 2.45) is 0 Å².